The van der Waals surface area contributed by atoms with Crippen LogP contribution in [0.3, 0.4) is 0 Å². The second kappa shape index (κ2) is 5.50. The summed E-state index contributed by atoms with van der Waals surface area (Å²) in [4.78, 5) is 7.21. The zero-order valence-electron chi connectivity index (χ0n) is 9.62. The van der Waals surface area contributed by atoms with E-state index < -0.39 is 0 Å². The Hall–Kier alpha value is -0.570. The first-order valence-corrected chi connectivity index (χ1v) is 6.38. The molecule has 3 heteroatoms. The minimum atomic E-state index is 0.757. The zero-order valence-corrected chi connectivity index (χ0v) is 9.62. The summed E-state index contributed by atoms with van der Waals surface area (Å²) in [5, 5.41) is 0. The Kier molecular flexibility index (Phi) is 4.01. The Bertz CT molecular complexity index is 217. The van der Waals surface area contributed by atoms with Crippen molar-refractivity contribution in [2.45, 2.75) is 38.5 Å². The van der Waals surface area contributed by atoms with Gasteiger partial charge >= 0.3 is 0 Å². The van der Waals surface area contributed by atoms with Crippen LogP contribution in [0.4, 0.5) is 0 Å². The fourth-order valence-corrected chi connectivity index (χ4v) is 2.54. The van der Waals surface area contributed by atoms with Gasteiger partial charge in [-0.15, -0.1) is 0 Å². The maximum Gasteiger partial charge on any atom is 0.0988 e. The number of hydrogen-bond donors (Lipinski definition) is 1. The van der Waals surface area contributed by atoms with Crippen molar-refractivity contribution in [2.24, 2.45) is 16.6 Å². The molecule has 0 atom stereocenters. The van der Waals surface area contributed by atoms with Crippen molar-refractivity contribution >= 4 is 5.84 Å². The average Bonchev–Trinajstić information content (AvgIpc) is 2.58. The molecule has 0 bridgehead atoms. The van der Waals surface area contributed by atoms with Crippen molar-refractivity contribution in [2.75, 3.05) is 26.2 Å². The lowest BCUT2D eigenvalue weighted by Crippen LogP contribution is -2.40. The van der Waals surface area contributed by atoms with Crippen LogP contribution in [0.1, 0.15) is 38.5 Å². The number of hydrogen-bond acceptors (Lipinski definition) is 3. The van der Waals surface area contributed by atoms with E-state index >= 15 is 0 Å². The van der Waals surface area contributed by atoms with E-state index in [4.69, 9.17) is 10.7 Å². The number of nitrogens with two attached hydrogens (primary N) is 1. The van der Waals surface area contributed by atoms with Crippen LogP contribution in [0.15, 0.2) is 4.99 Å². The van der Waals surface area contributed by atoms with Crippen LogP contribution in [-0.4, -0.2) is 36.9 Å². The van der Waals surface area contributed by atoms with Crippen LogP contribution < -0.4 is 5.73 Å². The zero-order chi connectivity index (χ0) is 10.5. The standard InChI is InChI=1S/C12H23N3/c13-10-11-5-8-15(9-6-11)12-4-2-1-3-7-14-12/h11H,1-10,13H2. The van der Waals surface area contributed by atoms with Gasteiger partial charge in [-0.1, -0.05) is 6.42 Å². The molecule has 2 N–H and O–H groups in total. The molecule has 2 rings (SSSR count). The molecule has 2 aliphatic heterocycles. The highest BCUT2D eigenvalue weighted by molar-refractivity contribution is 5.82. The van der Waals surface area contributed by atoms with E-state index in [1.54, 1.807) is 0 Å². The lowest BCUT2D eigenvalue weighted by Gasteiger charge is -2.33. The third kappa shape index (κ3) is 2.94. The van der Waals surface area contributed by atoms with Crippen LogP contribution in [0.25, 0.3) is 0 Å². The van der Waals surface area contributed by atoms with E-state index in [0.717, 1.165) is 19.0 Å². The van der Waals surface area contributed by atoms with Crippen LogP contribution in [0.5, 0.6) is 0 Å². The summed E-state index contributed by atoms with van der Waals surface area (Å²) < 4.78 is 0. The van der Waals surface area contributed by atoms with Gasteiger partial charge < -0.3 is 10.6 Å². The molecule has 0 aromatic carbocycles. The molecule has 0 aliphatic carbocycles. The van der Waals surface area contributed by atoms with Gasteiger partial charge in [0.15, 0.2) is 0 Å². The molecule has 2 aliphatic rings. The third-order valence-electron chi connectivity index (χ3n) is 3.67. The fourth-order valence-electron chi connectivity index (χ4n) is 2.54. The normalized spacial score (nSPS) is 24.9. The molecule has 86 valence electrons. The van der Waals surface area contributed by atoms with Gasteiger partial charge in [0, 0.05) is 26.1 Å². The highest BCUT2D eigenvalue weighted by Gasteiger charge is 2.20. The smallest absolute Gasteiger partial charge is 0.0988 e. The van der Waals surface area contributed by atoms with Gasteiger partial charge in [-0.3, -0.25) is 4.99 Å². The lowest BCUT2D eigenvalue weighted by molar-refractivity contribution is 0.267. The number of rotatable bonds is 1. The van der Waals surface area contributed by atoms with Gasteiger partial charge in [0.2, 0.25) is 0 Å². The monoisotopic (exact) mass is 209 g/mol. The Balaban J connectivity index is 1.86. The van der Waals surface area contributed by atoms with Crippen LogP contribution in [0, 0.1) is 5.92 Å². The van der Waals surface area contributed by atoms with Gasteiger partial charge in [0.25, 0.3) is 0 Å². The van der Waals surface area contributed by atoms with Gasteiger partial charge in [0.1, 0.15) is 0 Å². The maximum absolute atomic E-state index is 5.70. The largest absolute Gasteiger partial charge is 0.360 e. The van der Waals surface area contributed by atoms with E-state index in [2.05, 4.69) is 4.90 Å². The first-order chi connectivity index (χ1) is 7.40. The molecule has 0 saturated carbocycles. The van der Waals surface area contributed by atoms with Gasteiger partial charge in [-0.05, 0) is 38.1 Å². The third-order valence-corrected chi connectivity index (χ3v) is 3.67. The maximum atomic E-state index is 5.70. The SMILES string of the molecule is NCC1CCN(C2=NCCCCC2)CC1. The number of piperidine rings is 1. The number of nitrogens with zero attached hydrogens (tertiary/aromatic N) is 2. The summed E-state index contributed by atoms with van der Waals surface area (Å²) in [7, 11) is 0. The molecule has 2 heterocycles. The molecule has 1 saturated heterocycles. The number of amidine groups is 1. The number of aliphatic imine (C=N–C) groups is 1. The first-order valence-electron chi connectivity index (χ1n) is 6.38. The van der Waals surface area contributed by atoms with E-state index in [1.165, 1.54) is 57.5 Å². The lowest BCUT2D eigenvalue weighted by atomic mass is 9.97. The van der Waals surface area contributed by atoms with E-state index in [9.17, 15) is 0 Å². The molecule has 0 spiro atoms. The quantitative estimate of drug-likeness (QED) is 0.713. The highest BCUT2D eigenvalue weighted by Crippen LogP contribution is 2.19. The van der Waals surface area contributed by atoms with Gasteiger partial charge in [-0.2, -0.15) is 0 Å². The van der Waals surface area contributed by atoms with Gasteiger partial charge in [0.05, 0.1) is 5.84 Å². The molecule has 1 fully saturated rings. The summed E-state index contributed by atoms with van der Waals surface area (Å²) in [6.07, 6.45) is 7.68. The van der Waals surface area contributed by atoms with Crippen LogP contribution in [-0.2, 0) is 0 Å². The van der Waals surface area contributed by atoms with E-state index in [0.29, 0.717) is 0 Å². The summed E-state index contributed by atoms with van der Waals surface area (Å²) in [5.74, 6) is 2.13. The second-order valence-electron chi connectivity index (χ2n) is 4.77. The molecule has 0 unspecified atom stereocenters. The molecule has 0 aromatic rings. The predicted octanol–water partition coefficient (Wildman–Crippen LogP) is 1.63. The Morgan fingerprint density at radius 1 is 1.20 bits per heavy atom. The summed E-state index contributed by atoms with van der Waals surface area (Å²) >= 11 is 0. The fraction of sp³-hybridized carbons (Fsp3) is 0.917. The minimum absolute atomic E-state index is 0.757. The highest BCUT2D eigenvalue weighted by atomic mass is 15.2. The summed E-state index contributed by atoms with van der Waals surface area (Å²) in [6, 6.07) is 0. The molecule has 3 nitrogen and oxygen atoms in total. The Labute approximate surface area is 92.7 Å². The van der Waals surface area contributed by atoms with Crippen molar-refractivity contribution < 1.29 is 0 Å². The minimum Gasteiger partial charge on any atom is -0.360 e. The average molecular weight is 209 g/mol. The Morgan fingerprint density at radius 3 is 2.73 bits per heavy atom. The van der Waals surface area contributed by atoms with E-state index in [1.807, 2.05) is 0 Å². The first kappa shape index (κ1) is 10.9. The molecular weight excluding hydrogens is 186 g/mol. The van der Waals surface area contributed by atoms with Crippen molar-refractivity contribution in [3.05, 3.63) is 0 Å². The molecular formula is C12H23N3. The molecule has 0 aromatic heterocycles. The summed E-state index contributed by atoms with van der Waals surface area (Å²) in [6.45, 7) is 4.27. The Morgan fingerprint density at radius 2 is 2.00 bits per heavy atom. The summed E-state index contributed by atoms with van der Waals surface area (Å²) in [5.41, 5.74) is 5.70. The molecule has 0 amide bonds. The van der Waals surface area contributed by atoms with Crippen molar-refractivity contribution in [1.29, 1.82) is 0 Å². The molecule has 15 heavy (non-hydrogen) atoms. The van der Waals surface area contributed by atoms with Crippen molar-refractivity contribution in [1.82, 2.24) is 4.90 Å². The predicted molar refractivity (Wildman–Crippen MR) is 64.1 cm³/mol. The van der Waals surface area contributed by atoms with E-state index in [-0.39, 0.29) is 0 Å². The molecule has 0 radical (unpaired) electrons. The number of likely N-dealkylation sites (tertiary alicyclic amines) is 1. The van der Waals surface area contributed by atoms with Crippen LogP contribution in [0.2, 0.25) is 0 Å². The topological polar surface area (TPSA) is 41.6 Å². The van der Waals surface area contributed by atoms with Crippen LogP contribution >= 0.6 is 0 Å². The second-order valence-corrected chi connectivity index (χ2v) is 4.77. The van der Waals surface area contributed by atoms with Gasteiger partial charge in [-0.25, -0.2) is 0 Å². The van der Waals surface area contributed by atoms with Crippen molar-refractivity contribution in [3.8, 4) is 0 Å². The van der Waals surface area contributed by atoms with Crippen molar-refractivity contribution in [3.63, 3.8) is 0 Å².